The molecule has 0 aliphatic heterocycles. The van der Waals surface area contributed by atoms with Crippen molar-refractivity contribution in [3.8, 4) is 5.69 Å². The minimum Gasteiger partial charge on any atom is -0.481 e. The smallest absolute Gasteiger partial charge is 0.313 e. The molecule has 0 saturated carbocycles. The molecule has 0 unspecified atom stereocenters. The zero-order chi connectivity index (χ0) is 14.4. The van der Waals surface area contributed by atoms with Crippen LogP contribution in [0.1, 0.15) is 0 Å². The van der Waals surface area contributed by atoms with Crippen molar-refractivity contribution in [2.24, 2.45) is 0 Å². The number of carbonyl (C=O) groups is 2. The van der Waals surface area contributed by atoms with Gasteiger partial charge >= 0.3 is 5.97 Å². The minimum absolute atomic E-state index is 0.0916. The van der Waals surface area contributed by atoms with E-state index in [-0.39, 0.29) is 17.4 Å². The zero-order valence-electron chi connectivity index (χ0n) is 10.3. The van der Waals surface area contributed by atoms with E-state index in [0.29, 0.717) is 5.69 Å². The molecule has 2 N–H and O–H groups in total. The van der Waals surface area contributed by atoms with Gasteiger partial charge in [-0.3, -0.25) is 9.59 Å². The second kappa shape index (κ2) is 6.66. The Hall–Kier alpha value is -2.42. The van der Waals surface area contributed by atoms with Crippen molar-refractivity contribution in [3.63, 3.8) is 0 Å². The molecule has 0 aliphatic rings. The van der Waals surface area contributed by atoms with Crippen molar-refractivity contribution in [2.75, 3.05) is 16.8 Å². The molecule has 0 radical (unpaired) electrons. The predicted molar refractivity (Wildman–Crippen MR) is 72.7 cm³/mol. The molecule has 2 aromatic rings. The Morgan fingerprint density at radius 2 is 2.00 bits per heavy atom. The summed E-state index contributed by atoms with van der Waals surface area (Å²) in [4.78, 5) is 21.9. The van der Waals surface area contributed by atoms with Crippen LogP contribution in [0.25, 0.3) is 5.69 Å². The number of nitrogens with zero attached hydrogens (tertiary/aromatic N) is 4. The third-order valence-corrected chi connectivity index (χ3v) is 3.14. The van der Waals surface area contributed by atoms with E-state index in [4.69, 9.17) is 5.11 Å². The number of thioether (sulfide) groups is 1. The first-order valence-corrected chi connectivity index (χ1v) is 6.73. The third kappa shape index (κ3) is 4.05. The van der Waals surface area contributed by atoms with Crippen molar-refractivity contribution in [3.05, 3.63) is 30.6 Å². The van der Waals surface area contributed by atoms with E-state index in [0.717, 1.165) is 17.4 Å². The van der Waals surface area contributed by atoms with Crippen LogP contribution in [0.4, 0.5) is 5.69 Å². The Labute approximate surface area is 118 Å². The van der Waals surface area contributed by atoms with Crippen LogP contribution in [-0.4, -0.2) is 48.7 Å². The molecule has 1 amide bonds. The van der Waals surface area contributed by atoms with Crippen LogP contribution in [0.15, 0.2) is 30.6 Å². The van der Waals surface area contributed by atoms with Crippen LogP contribution < -0.4 is 5.32 Å². The van der Waals surface area contributed by atoms with Crippen molar-refractivity contribution >= 4 is 29.3 Å². The van der Waals surface area contributed by atoms with Crippen LogP contribution in [-0.2, 0) is 9.59 Å². The van der Waals surface area contributed by atoms with Crippen LogP contribution in [0.5, 0.6) is 0 Å². The average molecular weight is 293 g/mol. The summed E-state index contributed by atoms with van der Waals surface area (Å²) in [5, 5.41) is 21.9. The van der Waals surface area contributed by atoms with Gasteiger partial charge in [0.1, 0.15) is 6.33 Å². The third-order valence-electron chi connectivity index (χ3n) is 2.22. The average Bonchev–Trinajstić information content (AvgIpc) is 2.93. The lowest BCUT2D eigenvalue weighted by molar-refractivity contribution is -0.133. The molecule has 0 spiro atoms. The molecule has 0 aliphatic carbocycles. The summed E-state index contributed by atoms with van der Waals surface area (Å²) in [5.74, 6) is -1.17. The predicted octanol–water partition coefficient (Wildman–Crippen LogP) is 0.419. The Kier molecular flexibility index (Phi) is 4.66. The summed E-state index contributed by atoms with van der Waals surface area (Å²) in [6.45, 7) is 0. The first-order chi connectivity index (χ1) is 9.65. The van der Waals surface area contributed by atoms with Crippen LogP contribution >= 0.6 is 11.8 Å². The standard InChI is InChI=1S/C11H11N5O3S/c17-10(5-20-6-11(18)19)13-8-1-3-9(4-2-8)16-7-12-14-15-16/h1-4,7H,5-6H2,(H,13,17)(H,18,19). The summed E-state index contributed by atoms with van der Waals surface area (Å²) < 4.78 is 1.49. The van der Waals surface area contributed by atoms with Gasteiger partial charge in [0.25, 0.3) is 0 Å². The number of anilines is 1. The summed E-state index contributed by atoms with van der Waals surface area (Å²) >= 11 is 1.05. The minimum atomic E-state index is -0.936. The SMILES string of the molecule is O=C(O)CSCC(=O)Nc1ccc(-n2cnnn2)cc1. The van der Waals surface area contributed by atoms with E-state index >= 15 is 0 Å². The molecule has 1 aromatic heterocycles. The highest BCUT2D eigenvalue weighted by molar-refractivity contribution is 8.00. The first kappa shape index (κ1) is 14.0. The first-order valence-electron chi connectivity index (χ1n) is 5.58. The number of rotatable bonds is 6. The lowest BCUT2D eigenvalue weighted by Gasteiger charge is -2.05. The Balaban J connectivity index is 1.87. The van der Waals surface area contributed by atoms with Gasteiger partial charge in [-0.15, -0.1) is 16.9 Å². The van der Waals surface area contributed by atoms with Gasteiger partial charge in [-0.1, -0.05) is 0 Å². The lowest BCUT2D eigenvalue weighted by atomic mass is 10.3. The fourth-order valence-electron chi connectivity index (χ4n) is 1.41. The number of carboxylic acid groups (broad SMARTS) is 1. The van der Waals surface area contributed by atoms with Crippen molar-refractivity contribution in [2.45, 2.75) is 0 Å². The van der Waals surface area contributed by atoms with E-state index in [9.17, 15) is 9.59 Å². The van der Waals surface area contributed by atoms with Gasteiger partial charge in [0.15, 0.2) is 0 Å². The maximum Gasteiger partial charge on any atom is 0.313 e. The molecule has 0 saturated heterocycles. The number of carbonyl (C=O) groups excluding carboxylic acids is 1. The van der Waals surface area contributed by atoms with Gasteiger partial charge in [0, 0.05) is 5.69 Å². The van der Waals surface area contributed by atoms with Crippen molar-refractivity contribution < 1.29 is 14.7 Å². The number of amides is 1. The Bertz CT molecular complexity index is 585. The van der Waals surface area contributed by atoms with E-state index in [2.05, 4.69) is 20.8 Å². The summed E-state index contributed by atoms with van der Waals surface area (Å²) in [5.41, 5.74) is 1.40. The van der Waals surface area contributed by atoms with E-state index < -0.39 is 5.97 Å². The van der Waals surface area contributed by atoms with Crippen LogP contribution in [0.3, 0.4) is 0 Å². The number of hydrogen-bond acceptors (Lipinski definition) is 6. The topological polar surface area (TPSA) is 110 Å². The number of aromatic nitrogens is 4. The van der Waals surface area contributed by atoms with E-state index in [1.807, 2.05) is 0 Å². The summed E-state index contributed by atoms with van der Waals surface area (Å²) in [6, 6.07) is 6.96. The second-order valence-electron chi connectivity index (χ2n) is 3.74. The van der Waals surface area contributed by atoms with Gasteiger partial charge in [-0.2, -0.15) is 0 Å². The number of carboxylic acids is 1. The highest BCUT2D eigenvalue weighted by Gasteiger charge is 2.05. The normalized spacial score (nSPS) is 10.2. The van der Waals surface area contributed by atoms with Gasteiger partial charge in [-0.25, -0.2) is 4.68 Å². The quantitative estimate of drug-likeness (QED) is 0.794. The molecular formula is C11H11N5O3S. The maximum absolute atomic E-state index is 11.5. The number of hydrogen-bond donors (Lipinski definition) is 2. The van der Waals surface area contributed by atoms with Crippen molar-refractivity contribution in [1.82, 2.24) is 20.2 Å². The molecule has 0 bridgehead atoms. The second-order valence-corrected chi connectivity index (χ2v) is 4.72. The molecule has 1 aromatic carbocycles. The highest BCUT2D eigenvalue weighted by atomic mass is 32.2. The Morgan fingerprint density at radius 1 is 1.25 bits per heavy atom. The van der Waals surface area contributed by atoms with Gasteiger partial charge in [-0.05, 0) is 34.7 Å². The molecule has 20 heavy (non-hydrogen) atoms. The highest BCUT2D eigenvalue weighted by Crippen LogP contribution is 2.12. The molecule has 1 heterocycles. The number of tetrazole rings is 1. The van der Waals surface area contributed by atoms with Gasteiger partial charge in [0.2, 0.25) is 5.91 Å². The fourth-order valence-corrected chi connectivity index (χ4v) is 1.94. The number of benzene rings is 1. The molecule has 2 rings (SSSR count). The van der Waals surface area contributed by atoms with E-state index in [1.165, 1.54) is 11.0 Å². The van der Waals surface area contributed by atoms with Gasteiger partial charge < -0.3 is 10.4 Å². The summed E-state index contributed by atoms with van der Waals surface area (Å²) in [7, 11) is 0. The van der Waals surface area contributed by atoms with Gasteiger partial charge in [0.05, 0.1) is 17.2 Å². The van der Waals surface area contributed by atoms with Crippen LogP contribution in [0.2, 0.25) is 0 Å². The molecular weight excluding hydrogens is 282 g/mol. The molecule has 9 heteroatoms. The maximum atomic E-state index is 11.5. The number of aliphatic carboxylic acids is 1. The number of nitrogens with one attached hydrogen (secondary N) is 1. The lowest BCUT2D eigenvalue weighted by Crippen LogP contribution is -2.15. The zero-order valence-corrected chi connectivity index (χ0v) is 11.1. The van der Waals surface area contributed by atoms with Crippen molar-refractivity contribution in [1.29, 1.82) is 0 Å². The summed E-state index contributed by atoms with van der Waals surface area (Å²) in [6.07, 6.45) is 1.47. The molecule has 0 fully saturated rings. The molecule has 104 valence electrons. The molecule has 8 nitrogen and oxygen atoms in total. The monoisotopic (exact) mass is 293 g/mol. The molecule has 0 atom stereocenters. The largest absolute Gasteiger partial charge is 0.481 e. The van der Waals surface area contributed by atoms with E-state index in [1.54, 1.807) is 24.3 Å². The Morgan fingerprint density at radius 3 is 2.60 bits per heavy atom. The van der Waals surface area contributed by atoms with Crippen LogP contribution in [0, 0.1) is 0 Å². The fraction of sp³-hybridized carbons (Fsp3) is 0.182.